The molecule has 1 unspecified atom stereocenters. The van der Waals surface area contributed by atoms with Gasteiger partial charge in [0.2, 0.25) is 5.91 Å². The lowest BCUT2D eigenvalue weighted by molar-refractivity contribution is -0.128. The fourth-order valence-electron chi connectivity index (χ4n) is 1.52. The molecule has 0 aliphatic carbocycles. The molecule has 0 saturated carbocycles. The van der Waals surface area contributed by atoms with Crippen molar-refractivity contribution in [2.24, 2.45) is 5.73 Å². The summed E-state index contributed by atoms with van der Waals surface area (Å²) in [7, 11) is 2.07. The Bertz CT molecular complexity index is 206. The summed E-state index contributed by atoms with van der Waals surface area (Å²) < 4.78 is 0. The quantitative estimate of drug-likeness (QED) is 0.687. The van der Waals surface area contributed by atoms with Crippen molar-refractivity contribution in [2.45, 2.75) is 32.4 Å². The van der Waals surface area contributed by atoms with E-state index in [1.165, 1.54) is 0 Å². The second-order valence-electron chi connectivity index (χ2n) is 4.29. The van der Waals surface area contributed by atoms with Crippen molar-refractivity contribution in [2.75, 3.05) is 26.7 Å². The molecular weight excluding hydrogens is 178 g/mol. The van der Waals surface area contributed by atoms with E-state index in [9.17, 15) is 4.79 Å². The zero-order valence-corrected chi connectivity index (χ0v) is 9.36. The minimum Gasteiger partial charge on any atom is -0.340 e. The van der Waals surface area contributed by atoms with E-state index in [1.807, 2.05) is 4.90 Å². The van der Waals surface area contributed by atoms with Crippen molar-refractivity contribution in [3.05, 3.63) is 0 Å². The van der Waals surface area contributed by atoms with Crippen molar-refractivity contribution in [1.82, 2.24) is 9.80 Å². The SMILES string of the molecule is CC(C)N(C)CCN1CCC(N)C1=O. The van der Waals surface area contributed by atoms with Crippen LogP contribution in [0.1, 0.15) is 20.3 Å². The van der Waals surface area contributed by atoms with Crippen LogP contribution in [-0.2, 0) is 4.79 Å². The Kier molecular flexibility index (Phi) is 3.89. The van der Waals surface area contributed by atoms with Gasteiger partial charge in [0.1, 0.15) is 0 Å². The maximum absolute atomic E-state index is 11.5. The van der Waals surface area contributed by atoms with Gasteiger partial charge in [0.05, 0.1) is 6.04 Å². The number of nitrogens with zero attached hydrogens (tertiary/aromatic N) is 2. The van der Waals surface area contributed by atoms with Gasteiger partial charge in [0.25, 0.3) is 0 Å². The molecule has 1 saturated heterocycles. The third-order valence-electron chi connectivity index (χ3n) is 2.94. The van der Waals surface area contributed by atoms with Crippen LogP contribution in [0.25, 0.3) is 0 Å². The largest absolute Gasteiger partial charge is 0.340 e. The second-order valence-corrected chi connectivity index (χ2v) is 4.29. The Hall–Kier alpha value is -0.610. The lowest BCUT2D eigenvalue weighted by Crippen LogP contribution is -2.39. The van der Waals surface area contributed by atoms with Gasteiger partial charge >= 0.3 is 0 Å². The minimum absolute atomic E-state index is 0.113. The molecule has 4 nitrogen and oxygen atoms in total. The Balaban J connectivity index is 2.29. The predicted molar refractivity (Wildman–Crippen MR) is 56.9 cm³/mol. The van der Waals surface area contributed by atoms with E-state index in [1.54, 1.807) is 0 Å². The molecule has 1 rings (SSSR count). The standard InChI is InChI=1S/C10H21N3O/c1-8(2)12(3)6-7-13-5-4-9(11)10(13)14/h8-9H,4-7,11H2,1-3H3. The van der Waals surface area contributed by atoms with E-state index in [0.29, 0.717) is 6.04 Å². The zero-order chi connectivity index (χ0) is 10.7. The number of hydrogen-bond donors (Lipinski definition) is 1. The minimum atomic E-state index is -0.251. The summed E-state index contributed by atoms with van der Waals surface area (Å²) in [6.07, 6.45) is 0.810. The number of likely N-dealkylation sites (tertiary alicyclic amines) is 1. The van der Waals surface area contributed by atoms with Gasteiger partial charge in [-0.05, 0) is 27.3 Å². The molecule has 2 N–H and O–H groups in total. The van der Waals surface area contributed by atoms with Crippen molar-refractivity contribution < 1.29 is 4.79 Å². The highest BCUT2D eigenvalue weighted by molar-refractivity contribution is 5.83. The Morgan fingerprint density at radius 1 is 1.64 bits per heavy atom. The lowest BCUT2D eigenvalue weighted by Gasteiger charge is -2.24. The highest BCUT2D eigenvalue weighted by Gasteiger charge is 2.27. The first-order valence-corrected chi connectivity index (χ1v) is 5.27. The molecule has 4 heteroatoms. The number of rotatable bonds is 4. The molecule has 0 radical (unpaired) electrons. The van der Waals surface area contributed by atoms with Crippen LogP contribution in [0, 0.1) is 0 Å². The zero-order valence-electron chi connectivity index (χ0n) is 9.36. The summed E-state index contributed by atoms with van der Waals surface area (Å²) >= 11 is 0. The summed E-state index contributed by atoms with van der Waals surface area (Å²) in [6, 6.07) is 0.278. The third-order valence-corrected chi connectivity index (χ3v) is 2.94. The summed E-state index contributed by atoms with van der Waals surface area (Å²) in [6.45, 7) is 6.86. The number of carbonyl (C=O) groups is 1. The summed E-state index contributed by atoms with van der Waals surface area (Å²) in [4.78, 5) is 15.6. The van der Waals surface area contributed by atoms with Crippen LogP contribution < -0.4 is 5.73 Å². The fourth-order valence-corrected chi connectivity index (χ4v) is 1.52. The molecule has 0 aromatic carbocycles. The normalized spacial score (nSPS) is 22.9. The molecule has 1 amide bonds. The van der Waals surface area contributed by atoms with E-state index in [-0.39, 0.29) is 11.9 Å². The molecule has 1 atom stereocenters. The number of nitrogens with two attached hydrogens (primary N) is 1. The van der Waals surface area contributed by atoms with Gasteiger partial charge in [-0.3, -0.25) is 4.79 Å². The molecule has 1 aliphatic rings. The highest BCUT2D eigenvalue weighted by Crippen LogP contribution is 2.08. The monoisotopic (exact) mass is 199 g/mol. The summed E-state index contributed by atoms with van der Waals surface area (Å²) in [5.41, 5.74) is 5.63. The van der Waals surface area contributed by atoms with Crippen LogP contribution >= 0.6 is 0 Å². The van der Waals surface area contributed by atoms with E-state index in [0.717, 1.165) is 26.1 Å². The van der Waals surface area contributed by atoms with Gasteiger partial charge < -0.3 is 15.5 Å². The predicted octanol–water partition coefficient (Wildman–Crippen LogP) is -0.114. The molecule has 0 aromatic rings. The van der Waals surface area contributed by atoms with Crippen LogP contribution in [0.5, 0.6) is 0 Å². The van der Waals surface area contributed by atoms with E-state index in [2.05, 4.69) is 25.8 Å². The molecule has 0 aromatic heterocycles. The molecule has 1 heterocycles. The van der Waals surface area contributed by atoms with Gasteiger partial charge in [-0.25, -0.2) is 0 Å². The van der Waals surface area contributed by atoms with Gasteiger partial charge in [-0.2, -0.15) is 0 Å². The van der Waals surface area contributed by atoms with Gasteiger partial charge in [0.15, 0.2) is 0 Å². The van der Waals surface area contributed by atoms with Gasteiger partial charge in [-0.15, -0.1) is 0 Å². The second kappa shape index (κ2) is 4.75. The lowest BCUT2D eigenvalue weighted by atomic mass is 10.3. The van der Waals surface area contributed by atoms with Crippen LogP contribution in [-0.4, -0.2) is 54.5 Å². The van der Waals surface area contributed by atoms with Crippen LogP contribution in [0.3, 0.4) is 0 Å². The van der Waals surface area contributed by atoms with Gasteiger partial charge in [0, 0.05) is 25.7 Å². The average molecular weight is 199 g/mol. The molecule has 82 valence electrons. The fraction of sp³-hybridized carbons (Fsp3) is 0.900. The number of hydrogen-bond acceptors (Lipinski definition) is 3. The highest BCUT2D eigenvalue weighted by atomic mass is 16.2. The Morgan fingerprint density at radius 3 is 2.71 bits per heavy atom. The Labute approximate surface area is 86.0 Å². The molecule has 1 aliphatic heterocycles. The molecular formula is C10H21N3O. The van der Waals surface area contributed by atoms with Crippen molar-refractivity contribution in [3.63, 3.8) is 0 Å². The number of carbonyl (C=O) groups excluding carboxylic acids is 1. The summed E-state index contributed by atoms with van der Waals surface area (Å²) in [5.74, 6) is 0.113. The van der Waals surface area contributed by atoms with Crippen molar-refractivity contribution in [3.8, 4) is 0 Å². The van der Waals surface area contributed by atoms with E-state index >= 15 is 0 Å². The summed E-state index contributed by atoms with van der Waals surface area (Å²) in [5, 5.41) is 0. The van der Waals surface area contributed by atoms with Crippen molar-refractivity contribution >= 4 is 5.91 Å². The van der Waals surface area contributed by atoms with Crippen LogP contribution in [0.15, 0.2) is 0 Å². The maximum atomic E-state index is 11.5. The first-order valence-electron chi connectivity index (χ1n) is 5.27. The van der Waals surface area contributed by atoms with E-state index in [4.69, 9.17) is 5.73 Å². The molecule has 0 spiro atoms. The maximum Gasteiger partial charge on any atom is 0.239 e. The molecule has 14 heavy (non-hydrogen) atoms. The molecule has 0 bridgehead atoms. The average Bonchev–Trinajstić information content (AvgIpc) is 2.44. The van der Waals surface area contributed by atoms with Gasteiger partial charge in [-0.1, -0.05) is 0 Å². The van der Waals surface area contributed by atoms with Crippen LogP contribution in [0.4, 0.5) is 0 Å². The Morgan fingerprint density at radius 2 is 2.29 bits per heavy atom. The third kappa shape index (κ3) is 2.69. The number of likely N-dealkylation sites (N-methyl/N-ethyl adjacent to an activating group) is 1. The smallest absolute Gasteiger partial charge is 0.239 e. The first kappa shape index (κ1) is 11.5. The first-order chi connectivity index (χ1) is 6.52. The topological polar surface area (TPSA) is 49.6 Å². The number of amides is 1. The molecule has 1 fully saturated rings. The van der Waals surface area contributed by atoms with E-state index < -0.39 is 0 Å². The van der Waals surface area contributed by atoms with Crippen molar-refractivity contribution in [1.29, 1.82) is 0 Å². The van der Waals surface area contributed by atoms with Crippen LogP contribution in [0.2, 0.25) is 0 Å².